The number of Topliss-reactive ketones (excluding diaryl/α,β-unsaturated/α-hetero) is 1. The van der Waals surface area contributed by atoms with Crippen molar-refractivity contribution in [1.82, 2.24) is 18.8 Å². The molecule has 2 unspecified atom stereocenters. The van der Waals surface area contributed by atoms with Crippen LogP contribution in [0.5, 0.6) is 0 Å². The van der Waals surface area contributed by atoms with E-state index in [1.165, 1.54) is 24.1 Å². The van der Waals surface area contributed by atoms with Gasteiger partial charge in [0.15, 0.2) is 6.61 Å². The predicted octanol–water partition coefficient (Wildman–Crippen LogP) is 5.25. The van der Waals surface area contributed by atoms with E-state index in [0.717, 1.165) is 12.1 Å². The zero-order valence-electron chi connectivity index (χ0n) is 25.5. The number of aryl methyl sites for hydroxylation is 1. The second kappa shape index (κ2) is 11.9. The second-order valence-electron chi connectivity index (χ2n) is 11.3. The average molecular weight is 623 g/mol. The molecule has 0 saturated carbocycles. The Bertz CT molecular complexity index is 1830. The number of hydrogen-bond acceptors (Lipinski definition) is 5. The molecule has 2 aromatic carbocycles. The number of carbonyl (C=O) groups is 3. The highest BCUT2D eigenvalue weighted by molar-refractivity contribution is 5.99. The number of halogens is 3. The highest BCUT2D eigenvalue weighted by atomic mass is 19.4. The maximum Gasteiger partial charge on any atom is 0.416 e. The SMILES string of the molecule is Cc1cc(C(=O)COC(=O)C2CCC(=O)N(C)C2c2ccc(C(F)(F)F)cc2)c(C)n1-c1c(C)n(C)n(-c2ccccc2)c1=O. The number of nitrogens with zero attached hydrogens (tertiary/aromatic N) is 4. The number of benzene rings is 2. The van der Waals surface area contributed by atoms with E-state index < -0.39 is 42.1 Å². The smallest absolute Gasteiger partial charge is 0.416 e. The first kappa shape index (κ1) is 31.6. The quantitative estimate of drug-likeness (QED) is 0.207. The fourth-order valence-electron chi connectivity index (χ4n) is 6.13. The molecule has 9 nitrogen and oxygen atoms in total. The van der Waals surface area contributed by atoms with E-state index in [0.29, 0.717) is 34.0 Å². The third kappa shape index (κ3) is 5.72. The average Bonchev–Trinajstić information content (AvgIpc) is 3.41. The molecule has 2 atom stereocenters. The van der Waals surface area contributed by atoms with Crippen molar-refractivity contribution >= 4 is 17.7 Å². The molecular weight excluding hydrogens is 589 g/mol. The molecule has 0 spiro atoms. The normalized spacial score (nSPS) is 17.1. The fourth-order valence-corrected chi connectivity index (χ4v) is 6.13. The van der Waals surface area contributed by atoms with Crippen LogP contribution < -0.4 is 5.56 Å². The molecule has 236 valence electrons. The largest absolute Gasteiger partial charge is 0.457 e. The van der Waals surface area contributed by atoms with Gasteiger partial charge in [0.05, 0.1) is 28.9 Å². The number of carbonyl (C=O) groups excluding carboxylic acids is 3. The number of esters is 1. The molecular formula is C33H33F3N4O5. The Morgan fingerprint density at radius 2 is 1.58 bits per heavy atom. The van der Waals surface area contributed by atoms with Crippen LogP contribution >= 0.6 is 0 Å². The summed E-state index contributed by atoms with van der Waals surface area (Å²) in [7, 11) is 3.27. The van der Waals surface area contributed by atoms with Crippen LogP contribution in [0.3, 0.4) is 0 Å². The van der Waals surface area contributed by atoms with Crippen molar-refractivity contribution in [2.45, 2.75) is 45.8 Å². The van der Waals surface area contributed by atoms with Gasteiger partial charge in [-0.05, 0) is 63.1 Å². The maximum absolute atomic E-state index is 13.6. The van der Waals surface area contributed by atoms with E-state index in [2.05, 4.69) is 0 Å². The van der Waals surface area contributed by atoms with Gasteiger partial charge in [0, 0.05) is 37.5 Å². The van der Waals surface area contributed by atoms with Crippen molar-refractivity contribution in [3.63, 3.8) is 0 Å². The zero-order valence-corrected chi connectivity index (χ0v) is 25.5. The van der Waals surface area contributed by atoms with E-state index in [1.807, 2.05) is 37.3 Å². The molecule has 4 aromatic rings. The molecule has 0 aliphatic carbocycles. The third-order valence-electron chi connectivity index (χ3n) is 8.57. The summed E-state index contributed by atoms with van der Waals surface area (Å²) in [6.45, 7) is 4.72. The molecule has 1 saturated heterocycles. The van der Waals surface area contributed by atoms with E-state index in [9.17, 15) is 32.3 Å². The fraction of sp³-hybridized carbons (Fsp3) is 0.333. The van der Waals surface area contributed by atoms with E-state index in [1.54, 1.807) is 40.9 Å². The molecule has 1 aliphatic rings. The van der Waals surface area contributed by atoms with Gasteiger partial charge in [-0.25, -0.2) is 4.68 Å². The van der Waals surface area contributed by atoms with Gasteiger partial charge in [-0.1, -0.05) is 30.3 Å². The minimum absolute atomic E-state index is 0.0550. The van der Waals surface area contributed by atoms with Gasteiger partial charge in [-0.3, -0.25) is 23.9 Å². The van der Waals surface area contributed by atoms with Crippen molar-refractivity contribution in [3.05, 3.63) is 105 Å². The lowest BCUT2D eigenvalue weighted by atomic mass is 9.84. The van der Waals surface area contributed by atoms with Gasteiger partial charge in [0.2, 0.25) is 11.7 Å². The number of ether oxygens (including phenoxy) is 1. The number of ketones is 1. The summed E-state index contributed by atoms with van der Waals surface area (Å²) in [5.74, 6) is -2.35. The second-order valence-corrected chi connectivity index (χ2v) is 11.3. The molecule has 5 rings (SSSR count). The third-order valence-corrected chi connectivity index (χ3v) is 8.57. The van der Waals surface area contributed by atoms with Crippen LogP contribution in [0.4, 0.5) is 13.2 Å². The van der Waals surface area contributed by atoms with Crippen LogP contribution in [0.25, 0.3) is 11.4 Å². The van der Waals surface area contributed by atoms with Gasteiger partial charge < -0.3 is 14.2 Å². The van der Waals surface area contributed by atoms with Gasteiger partial charge in [-0.15, -0.1) is 0 Å². The summed E-state index contributed by atoms with van der Waals surface area (Å²) in [4.78, 5) is 54.1. The van der Waals surface area contributed by atoms with Gasteiger partial charge >= 0.3 is 12.1 Å². The lowest BCUT2D eigenvalue weighted by Gasteiger charge is -2.38. The summed E-state index contributed by atoms with van der Waals surface area (Å²) < 4.78 is 49.8. The summed E-state index contributed by atoms with van der Waals surface area (Å²) in [6.07, 6.45) is -4.35. The maximum atomic E-state index is 13.6. The summed E-state index contributed by atoms with van der Waals surface area (Å²) in [5.41, 5.74) is 2.44. The lowest BCUT2D eigenvalue weighted by molar-refractivity contribution is -0.155. The van der Waals surface area contributed by atoms with E-state index in [4.69, 9.17) is 4.74 Å². The molecule has 2 aromatic heterocycles. The molecule has 1 aliphatic heterocycles. The Labute approximate surface area is 257 Å². The Morgan fingerprint density at radius 3 is 2.20 bits per heavy atom. The van der Waals surface area contributed by atoms with Crippen LogP contribution in [0, 0.1) is 26.7 Å². The van der Waals surface area contributed by atoms with E-state index in [-0.39, 0.29) is 29.9 Å². The number of rotatable bonds is 7. The van der Waals surface area contributed by atoms with Crippen molar-refractivity contribution < 1.29 is 32.3 Å². The van der Waals surface area contributed by atoms with Crippen molar-refractivity contribution in [2.24, 2.45) is 13.0 Å². The first-order valence-electron chi connectivity index (χ1n) is 14.4. The first-order valence-corrected chi connectivity index (χ1v) is 14.4. The zero-order chi connectivity index (χ0) is 32.8. The number of alkyl halides is 3. The molecule has 0 radical (unpaired) electrons. The monoisotopic (exact) mass is 622 g/mol. The first-order chi connectivity index (χ1) is 21.2. The van der Waals surface area contributed by atoms with Crippen molar-refractivity contribution in [2.75, 3.05) is 13.7 Å². The number of piperidine rings is 1. The molecule has 0 bridgehead atoms. The van der Waals surface area contributed by atoms with Crippen LogP contribution in [0.1, 0.15) is 57.5 Å². The number of para-hydroxylation sites is 1. The number of hydrogen-bond donors (Lipinski definition) is 0. The Balaban J connectivity index is 1.37. The number of amides is 1. The highest BCUT2D eigenvalue weighted by Crippen LogP contribution is 2.38. The van der Waals surface area contributed by atoms with Gasteiger partial charge in [0.25, 0.3) is 5.56 Å². The Hall–Kier alpha value is -4.87. The van der Waals surface area contributed by atoms with E-state index >= 15 is 0 Å². The van der Waals surface area contributed by atoms with Crippen molar-refractivity contribution in [3.8, 4) is 11.4 Å². The Kier molecular flexibility index (Phi) is 8.35. The standard InChI is InChI=1S/C33H33F3N4O5/c1-19-17-26(20(2)39(19)29-21(3)38(5)40(31(29)43)24-9-7-6-8-10-24)27(41)18-45-32(44)25-15-16-28(42)37(4)30(25)22-11-13-23(14-12-22)33(34,35)36/h6-14,17,25,30H,15-16,18H2,1-5H3. The molecule has 45 heavy (non-hydrogen) atoms. The summed E-state index contributed by atoms with van der Waals surface area (Å²) >= 11 is 0. The van der Waals surface area contributed by atoms with Gasteiger partial charge in [0.1, 0.15) is 5.69 Å². The number of likely N-dealkylation sites (tertiary alicyclic amines) is 1. The van der Waals surface area contributed by atoms with Crippen LogP contribution in [0.2, 0.25) is 0 Å². The molecule has 3 heterocycles. The Morgan fingerprint density at radius 1 is 0.933 bits per heavy atom. The lowest BCUT2D eigenvalue weighted by Crippen LogP contribution is -2.43. The number of aromatic nitrogens is 3. The molecule has 1 amide bonds. The van der Waals surface area contributed by atoms with Crippen molar-refractivity contribution in [1.29, 1.82) is 0 Å². The van der Waals surface area contributed by atoms with Gasteiger partial charge in [-0.2, -0.15) is 13.2 Å². The van der Waals surface area contributed by atoms with Crippen LogP contribution in [-0.2, 0) is 27.5 Å². The molecule has 1 fully saturated rings. The topological polar surface area (TPSA) is 95.5 Å². The highest BCUT2D eigenvalue weighted by Gasteiger charge is 2.40. The van der Waals surface area contributed by atoms with Crippen LogP contribution in [-0.4, -0.2) is 50.1 Å². The van der Waals surface area contributed by atoms with Crippen LogP contribution in [0.15, 0.2) is 65.5 Å². The molecule has 0 N–H and O–H groups in total. The minimum atomic E-state index is -4.53. The summed E-state index contributed by atoms with van der Waals surface area (Å²) in [5, 5.41) is 0. The summed E-state index contributed by atoms with van der Waals surface area (Å²) in [6, 6.07) is 14.3. The predicted molar refractivity (Wildman–Crippen MR) is 160 cm³/mol. The minimum Gasteiger partial charge on any atom is -0.457 e. The molecule has 12 heteroatoms.